The molecule has 0 saturated carbocycles. The molecule has 0 aliphatic heterocycles. The molecule has 0 radical (unpaired) electrons. The van der Waals surface area contributed by atoms with Crippen molar-refractivity contribution in [2.45, 2.75) is 58.2 Å². The summed E-state index contributed by atoms with van der Waals surface area (Å²) in [4.78, 5) is 20.0. The fourth-order valence-corrected chi connectivity index (χ4v) is 5.38. The van der Waals surface area contributed by atoms with Gasteiger partial charge in [0, 0.05) is 23.5 Å². The molecule has 0 fully saturated rings. The zero-order valence-corrected chi connectivity index (χ0v) is 17.5. The van der Waals surface area contributed by atoms with Crippen molar-refractivity contribution in [2.24, 2.45) is 0 Å². The maximum Gasteiger partial charge on any atom is 0.262 e. The van der Waals surface area contributed by atoms with E-state index in [-0.39, 0.29) is 5.56 Å². The van der Waals surface area contributed by atoms with Crippen molar-refractivity contribution >= 4 is 21.6 Å². The third-order valence-electron chi connectivity index (χ3n) is 5.42. The van der Waals surface area contributed by atoms with Crippen molar-refractivity contribution < 1.29 is 4.74 Å². The molecule has 1 unspecified atom stereocenters. The molecular weight excluding hydrogens is 370 g/mol. The zero-order valence-electron chi connectivity index (χ0n) is 16.7. The van der Waals surface area contributed by atoms with Gasteiger partial charge in [-0.15, -0.1) is 11.3 Å². The highest BCUT2D eigenvalue weighted by Crippen LogP contribution is 2.33. The Kier molecular flexibility index (Phi) is 5.51. The van der Waals surface area contributed by atoms with Gasteiger partial charge in [0.05, 0.1) is 18.8 Å². The Morgan fingerprint density at radius 1 is 1.36 bits per heavy atom. The van der Waals surface area contributed by atoms with Crippen LogP contribution < -0.4 is 15.6 Å². The molecule has 0 saturated heterocycles. The second-order valence-corrected chi connectivity index (χ2v) is 8.83. The minimum absolute atomic E-state index is 0.0904. The second kappa shape index (κ2) is 8.05. The van der Waals surface area contributed by atoms with E-state index in [0.717, 1.165) is 47.2 Å². The summed E-state index contributed by atoms with van der Waals surface area (Å²) in [6, 6.07) is 8.93. The van der Waals surface area contributed by atoms with E-state index in [0.29, 0.717) is 18.6 Å². The summed E-state index contributed by atoms with van der Waals surface area (Å²) >= 11 is 1.69. The molecule has 4 rings (SSSR count). The topological polar surface area (TPSA) is 56.2 Å². The van der Waals surface area contributed by atoms with E-state index in [1.807, 2.05) is 24.3 Å². The summed E-state index contributed by atoms with van der Waals surface area (Å²) in [6.45, 7) is 4.97. The van der Waals surface area contributed by atoms with Crippen LogP contribution in [-0.2, 0) is 25.8 Å². The number of methoxy groups -OCH3 is 1. The number of hydrogen-bond acceptors (Lipinski definition) is 5. The monoisotopic (exact) mass is 397 g/mol. The first kappa shape index (κ1) is 19.2. The van der Waals surface area contributed by atoms with E-state index in [9.17, 15) is 4.79 Å². The SMILES string of the molecule is COc1ccccc1CCn1cnc2sc3c(c2c1=O)CCC(NC(C)C)C3. The Labute approximate surface area is 169 Å². The largest absolute Gasteiger partial charge is 0.496 e. The number of nitrogens with zero attached hydrogens (tertiary/aromatic N) is 2. The molecule has 5 nitrogen and oxygen atoms in total. The number of benzene rings is 1. The fraction of sp³-hybridized carbons (Fsp3) is 0.455. The van der Waals surface area contributed by atoms with Crippen LogP contribution >= 0.6 is 11.3 Å². The maximum atomic E-state index is 13.2. The summed E-state index contributed by atoms with van der Waals surface area (Å²) in [5.74, 6) is 0.862. The smallest absolute Gasteiger partial charge is 0.262 e. The Morgan fingerprint density at radius 2 is 2.18 bits per heavy atom. The first-order valence-corrected chi connectivity index (χ1v) is 10.8. The molecule has 2 heterocycles. The average molecular weight is 398 g/mol. The molecule has 0 amide bonds. The molecule has 1 aliphatic rings. The molecule has 148 valence electrons. The Hall–Kier alpha value is -2.18. The first-order valence-electron chi connectivity index (χ1n) is 9.94. The van der Waals surface area contributed by atoms with Crippen LogP contribution in [0.1, 0.15) is 36.3 Å². The summed E-state index contributed by atoms with van der Waals surface area (Å²) in [5, 5.41) is 4.47. The predicted octanol–water partition coefficient (Wildman–Crippen LogP) is 3.56. The van der Waals surface area contributed by atoms with Gasteiger partial charge in [0.1, 0.15) is 10.6 Å². The van der Waals surface area contributed by atoms with Gasteiger partial charge >= 0.3 is 0 Å². The molecule has 0 spiro atoms. The Balaban J connectivity index is 1.60. The van der Waals surface area contributed by atoms with E-state index in [2.05, 4.69) is 24.1 Å². The number of fused-ring (bicyclic) bond motifs is 3. The first-order chi connectivity index (χ1) is 13.6. The number of thiophene rings is 1. The van der Waals surface area contributed by atoms with Crippen molar-refractivity contribution in [3.05, 3.63) is 57.0 Å². The van der Waals surface area contributed by atoms with Gasteiger partial charge in [0.2, 0.25) is 0 Å². The number of ether oxygens (including phenoxy) is 1. The summed E-state index contributed by atoms with van der Waals surface area (Å²) in [6.07, 6.45) is 5.46. The molecular formula is C22H27N3O2S. The highest BCUT2D eigenvalue weighted by atomic mass is 32.1. The van der Waals surface area contributed by atoms with Crippen LogP contribution in [0.3, 0.4) is 0 Å². The van der Waals surface area contributed by atoms with Gasteiger partial charge in [-0.2, -0.15) is 0 Å². The number of hydrogen-bond donors (Lipinski definition) is 1. The number of para-hydroxylation sites is 1. The maximum absolute atomic E-state index is 13.2. The third-order valence-corrected chi connectivity index (χ3v) is 6.58. The number of aryl methyl sites for hydroxylation is 3. The van der Waals surface area contributed by atoms with Crippen LogP contribution in [0.4, 0.5) is 0 Å². The third kappa shape index (κ3) is 3.71. The summed E-state index contributed by atoms with van der Waals surface area (Å²) in [7, 11) is 1.68. The van der Waals surface area contributed by atoms with Crippen LogP contribution in [0, 0.1) is 0 Å². The highest BCUT2D eigenvalue weighted by Gasteiger charge is 2.25. The summed E-state index contributed by atoms with van der Waals surface area (Å²) < 4.78 is 7.18. The van der Waals surface area contributed by atoms with Crippen LogP contribution in [0.5, 0.6) is 5.75 Å². The van der Waals surface area contributed by atoms with Gasteiger partial charge in [-0.25, -0.2) is 4.98 Å². The fourth-order valence-electron chi connectivity index (χ4n) is 4.12. The lowest BCUT2D eigenvalue weighted by Gasteiger charge is -2.25. The lowest BCUT2D eigenvalue weighted by Crippen LogP contribution is -2.38. The standard InChI is InChI=1S/C22H27N3O2S/c1-14(2)24-16-8-9-17-19(12-16)28-21-20(17)22(26)25(13-23-21)11-10-15-6-4-5-7-18(15)27-3/h4-7,13-14,16,24H,8-12H2,1-3H3. The normalized spacial score (nSPS) is 16.5. The van der Waals surface area contributed by atoms with Gasteiger partial charge in [0.25, 0.3) is 5.56 Å². The lowest BCUT2D eigenvalue weighted by molar-refractivity contribution is 0.408. The highest BCUT2D eigenvalue weighted by molar-refractivity contribution is 7.18. The molecule has 1 aromatic carbocycles. The van der Waals surface area contributed by atoms with Crippen LogP contribution in [0.25, 0.3) is 10.2 Å². The lowest BCUT2D eigenvalue weighted by atomic mass is 9.92. The van der Waals surface area contributed by atoms with Gasteiger partial charge in [-0.1, -0.05) is 32.0 Å². The summed E-state index contributed by atoms with van der Waals surface area (Å²) in [5.41, 5.74) is 2.42. The molecule has 0 bridgehead atoms. The van der Waals surface area contributed by atoms with Crippen LogP contribution in [-0.4, -0.2) is 28.7 Å². The molecule has 2 aromatic heterocycles. The molecule has 1 aliphatic carbocycles. The number of rotatable bonds is 6. The average Bonchev–Trinajstić information content (AvgIpc) is 3.05. The van der Waals surface area contributed by atoms with E-state index >= 15 is 0 Å². The minimum Gasteiger partial charge on any atom is -0.496 e. The van der Waals surface area contributed by atoms with Crippen molar-refractivity contribution in [3.8, 4) is 5.75 Å². The van der Waals surface area contributed by atoms with E-state index < -0.39 is 0 Å². The quantitative estimate of drug-likeness (QED) is 0.691. The molecule has 1 atom stereocenters. The van der Waals surface area contributed by atoms with Crippen molar-refractivity contribution in [1.29, 1.82) is 0 Å². The van der Waals surface area contributed by atoms with Crippen LogP contribution in [0.15, 0.2) is 35.4 Å². The second-order valence-electron chi connectivity index (χ2n) is 7.75. The predicted molar refractivity (Wildman–Crippen MR) is 115 cm³/mol. The van der Waals surface area contributed by atoms with Gasteiger partial charge in [-0.05, 0) is 42.9 Å². The van der Waals surface area contributed by atoms with E-state index in [4.69, 9.17) is 4.74 Å². The molecule has 28 heavy (non-hydrogen) atoms. The number of nitrogens with one attached hydrogen (secondary N) is 1. The van der Waals surface area contributed by atoms with Gasteiger partial charge < -0.3 is 10.1 Å². The molecule has 6 heteroatoms. The van der Waals surface area contributed by atoms with E-state index in [1.165, 1.54) is 10.4 Å². The van der Waals surface area contributed by atoms with Crippen molar-refractivity contribution in [2.75, 3.05) is 7.11 Å². The van der Waals surface area contributed by atoms with Crippen LogP contribution in [0.2, 0.25) is 0 Å². The molecule has 3 aromatic rings. The molecule has 1 N–H and O–H groups in total. The van der Waals surface area contributed by atoms with E-state index in [1.54, 1.807) is 29.3 Å². The number of aromatic nitrogens is 2. The van der Waals surface area contributed by atoms with Crippen molar-refractivity contribution in [1.82, 2.24) is 14.9 Å². The zero-order chi connectivity index (χ0) is 19.7. The Bertz CT molecular complexity index is 1040. The van der Waals surface area contributed by atoms with Gasteiger partial charge in [0.15, 0.2) is 0 Å². The minimum atomic E-state index is 0.0904. The van der Waals surface area contributed by atoms with Gasteiger partial charge in [-0.3, -0.25) is 9.36 Å². The van der Waals surface area contributed by atoms with Crippen molar-refractivity contribution in [3.63, 3.8) is 0 Å². The Morgan fingerprint density at radius 3 is 2.96 bits per heavy atom.